The van der Waals surface area contributed by atoms with E-state index in [1.807, 2.05) is 0 Å². The molecular formula is C21H19F3N2O3. The van der Waals surface area contributed by atoms with E-state index in [2.05, 4.69) is 4.74 Å². The van der Waals surface area contributed by atoms with Crippen LogP contribution < -0.4 is 4.74 Å². The SMILES string of the molecule is O=C(/C=C/c1ccc(OC(F)F)cc1)N1CCN(C(=O)c2ccc(F)cc2)CC1. The Bertz CT molecular complexity index is 875. The number of piperazine rings is 1. The number of nitrogens with zero attached hydrogens (tertiary/aromatic N) is 2. The molecule has 152 valence electrons. The van der Waals surface area contributed by atoms with Crippen LogP contribution in [0.4, 0.5) is 13.2 Å². The number of carbonyl (C=O) groups is 2. The fraction of sp³-hybridized carbons (Fsp3) is 0.238. The van der Waals surface area contributed by atoms with E-state index in [0.29, 0.717) is 37.3 Å². The summed E-state index contributed by atoms with van der Waals surface area (Å²) in [5, 5.41) is 0. The molecule has 0 aromatic heterocycles. The molecule has 1 aliphatic heterocycles. The third kappa shape index (κ3) is 5.60. The minimum Gasteiger partial charge on any atom is -0.435 e. The zero-order valence-corrected chi connectivity index (χ0v) is 15.4. The maximum atomic E-state index is 13.0. The summed E-state index contributed by atoms with van der Waals surface area (Å²) in [4.78, 5) is 28.0. The quantitative estimate of drug-likeness (QED) is 0.718. The lowest BCUT2D eigenvalue weighted by molar-refractivity contribution is -0.127. The van der Waals surface area contributed by atoms with E-state index in [1.54, 1.807) is 28.0 Å². The van der Waals surface area contributed by atoms with Crippen molar-refractivity contribution in [3.63, 3.8) is 0 Å². The zero-order chi connectivity index (χ0) is 20.8. The van der Waals surface area contributed by atoms with Crippen LogP contribution in [-0.2, 0) is 4.79 Å². The van der Waals surface area contributed by atoms with Gasteiger partial charge in [0.25, 0.3) is 5.91 Å². The van der Waals surface area contributed by atoms with Gasteiger partial charge in [-0.2, -0.15) is 8.78 Å². The normalized spacial score (nSPS) is 14.5. The minimum atomic E-state index is -2.88. The van der Waals surface area contributed by atoms with Gasteiger partial charge in [0.2, 0.25) is 5.91 Å². The average Bonchev–Trinajstić information content (AvgIpc) is 2.73. The first kappa shape index (κ1) is 20.4. The molecule has 8 heteroatoms. The number of halogens is 3. The van der Waals surface area contributed by atoms with Gasteiger partial charge in [0.05, 0.1) is 0 Å². The van der Waals surface area contributed by atoms with Gasteiger partial charge < -0.3 is 14.5 Å². The molecule has 2 amide bonds. The predicted octanol–water partition coefficient (Wildman–Crippen LogP) is 3.42. The van der Waals surface area contributed by atoms with Crippen molar-refractivity contribution in [2.24, 2.45) is 0 Å². The number of benzene rings is 2. The molecule has 0 radical (unpaired) electrons. The lowest BCUT2D eigenvalue weighted by Crippen LogP contribution is -2.50. The maximum Gasteiger partial charge on any atom is 0.387 e. The van der Waals surface area contributed by atoms with Gasteiger partial charge in [-0.15, -0.1) is 0 Å². The molecule has 1 heterocycles. The zero-order valence-electron chi connectivity index (χ0n) is 15.4. The van der Waals surface area contributed by atoms with Crippen LogP contribution in [0.5, 0.6) is 5.75 Å². The van der Waals surface area contributed by atoms with Crippen molar-refractivity contribution in [2.75, 3.05) is 26.2 Å². The Labute approximate surface area is 166 Å². The second-order valence-corrected chi connectivity index (χ2v) is 6.41. The highest BCUT2D eigenvalue weighted by Crippen LogP contribution is 2.16. The largest absolute Gasteiger partial charge is 0.435 e. The topological polar surface area (TPSA) is 49.9 Å². The monoisotopic (exact) mass is 404 g/mol. The van der Waals surface area contributed by atoms with E-state index in [4.69, 9.17) is 0 Å². The summed E-state index contributed by atoms with van der Waals surface area (Å²) < 4.78 is 41.5. The second kappa shape index (κ2) is 9.27. The Morgan fingerprint density at radius 1 is 0.897 bits per heavy atom. The number of hydrogen-bond acceptors (Lipinski definition) is 3. The van der Waals surface area contributed by atoms with Gasteiger partial charge in [-0.1, -0.05) is 12.1 Å². The molecule has 5 nitrogen and oxygen atoms in total. The molecule has 29 heavy (non-hydrogen) atoms. The molecule has 0 unspecified atom stereocenters. The van der Waals surface area contributed by atoms with Gasteiger partial charge >= 0.3 is 6.61 Å². The Morgan fingerprint density at radius 2 is 1.48 bits per heavy atom. The van der Waals surface area contributed by atoms with E-state index >= 15 is 0 Å². The van der Waals surface area contributed by atoms with E-state index in [9.17, 15) is 22.8 Å². The molecule has 0 bridgehead atoms. The Morgan fingerprint density at radius 3 is 2.07 bits per heavy atom. The highest BCUT2D eigenvalue weighted by Gasteiger charge is 2.23. The van der Waals surface area contributed by atoms with Gasteiger partial charge in [-0.05, 0) is 48.0 Å². The minimum absolute atomic E-state index is 0.0467. The van der Waals surface area contributed by atoms with Crippen LogP contribution in [-0.4, -0.2) is 54.4 Å². The maximum absolute atomic E-state index is 13.0. The van der Waals surface area contributed by atoms with E-state index in [1.165, 1.54) is 42.5 Å². The van der Waals surface area contributed by atoms with Crippen molar-refractivity contribution in [1.29, 1.82) is 0 Å². The van der Waals surface area contributed by atoms with Crippen LogP contribution in [0.2, 0.25) is 0 Å². The molecule has 3 rings (SSSR count). The molecular weight excluding hydrogens is 385 g/mol. The van der Waals surface area contributed by atoms with E-state index in [0.717, 1.165) is 0 Å². The van der Waals surface area contributed by atoms with Gasteiger partial charge in [-0.3, -0.25) is 9.59 Å². The van der Waals surface area contributed by atoms with Crippen LogP contribution in [0.3, 0.4) is 0 Å². The first-order valence-electron chi connectivity index (χ1n) is 8.99. The fourth-order valence-corrected chi connectivity index (χ4v) is 2.94. The molecule has 0 spiro atoms. The molecule has 0 atom stereocenters. The van der Waals surface area contributed by atoms with Gasteiger partial charge in [0, 0.05) is 37.8 Å². The predicted molar refractivity (Wildman–Crippen MR) is 101 cm³/mol. The Hall–Kier alpha value is -3.29. The number of carbonyl (C=O) groups excluding carboxylic acids is 2. The summed E-state index contributed by atoms with van der Waals surface area (Å²) >= 11 is 0. The smallest absolute Gasteiger partial charge is 0.387 e. The van der Waals surface area contributed by atoms with Crippen LogP contribution >= 0.6 is 0 Å². The summed E-state index contributed by atoms with van der Waals surface area (Å²) in [6, 6.07) is 11.3. The van der Waals surface area contributed by atoms with Gasteiger partial charge in [0.15, 0.2) is 0 Å². The van der Waals surface area contributed by atoms with Crippen molar-refractivity contribution in [3.05, 3.63) is 71.6 Å². The average molecular weight is 404 g/mol. The summed E-state index contributed by atoms with van der Waals surface area (Å²) in [6.07, 6.45) is 2.99. The van der Waals surface area contributed by atoms with Gasteiger partial charge in [0.1, 0.15) is 11.6 Å². The van der Waals surface area contributed by atoms with Crippen LogP contribution in [0.1, 0.15) is 15.9 Å². The highest BCUT2D eigenvalue weighted by atomic mass is 19.3. The first-order chi connectivity index (χ1) is 13.9. The van der Waals surface area contributed by atoms with Crippen LogP contribution in [0.15, 0.2) is 54.6 Å². The Balaban J connectivity index is 1.51. The lowest BCUT2D eigenvalue weighted by Gasteiger charge is -2.34. The number of rotatable bonds is 5. The summed E-state index contributed by atoms with van der Waals surface area (Å²) in [7, 11) is 0. The third-order valence-electron chi connectivity index (χ3n) is 4.49. The van der Waals surface area contributed by atoms with Crippen molar-refractivity contribution in [1.82, 2.24) is 9.80 Å². The summed E-state index contributed by atoms with van der Waals surface area (Å²) in [5.41, 5.74) is 1.08. The van der Waals surface area contributed by atoms with Gasteiger partial charge in [-0.25, -0.2) is 4.39 Å². The van der Waals surface area contributed by atoms with Crippen molar-refractivity contribution < 1.29 is 27.5 Å². The van der Waals surface area contributed by atoms with Crippen molar-refractivity contribution in [2.45, 2.75) is 6.61 Å². The summed E-state index contributed by atoms with van der Waals surface area (Å²) in [5.74, 6) is -0.754. The number of alkyl halides is 2. The molecule has 1 aliphatic rings. The number of hydrogen-bond donors (Lipinski definition) is 0. The molecule has 0 saturated carbocycles. The molecule has 2 aromatic rings. The van der Waals surface area contributed by atoms with Crippen molar-refractivity contribution >= 4 is 17.9 Å². The molecule has 1 fully saturated rings. The van der Waals surface area contributed by atoms with E-state index in [-0.39, 0.29) is 17.6 Å². The second-order valence-electron chi connectivity index (χ2n) is 6.41. The van der Waals surface area contributed by atoms with E-state index < -0.39 is 12.4 Å². The lowest BCUT2D eigenvalue weighted by atomic mass is 10.1. The molecule has 2 aromatic carbocycles. The third-order valence-corrected chi connectivity index (χ3v) is 4.49. The molecule has 0 N–H and O–H groups in total. The summed E-state index contributed by atoms with van der Waals surface area (Å²) in [6.45, 7) is -1.34. The Kier molecular flexibility index (Phi) is 6.54. The highest BCUT2D eigenvalue weighted by molar-refractivity contribution is 5.95. The van der Waals surface area contributed by atoms with Crippen LogP contribution in [0, 0.1) is 5.82 Å². The first-order valence-corrected chi connectivity index (χ1v) is 8.99. The fourth-order valence-electron chi connectivity index (χ4n) is 2.94. The number of ether oxygens (including phenoxy) is 1. The molecule has 0 aliphatic carbocycles. The number of amides is 2. The standard InChI is InChI=1S/C21H19F3N2O3/c22-17-6-4-16(5-7-17)20(28)26-13-11-25(12-14-26)19(27)10-3-15-1-8-18(9-2-15)29-21(23)24/h1-10,21H,11-14H2/b10-3+. The molecule has 1 saturated heterocycles. The van der Waals surface area contributed by atoms with Crippen molar-refractivity contribution in [3.8, 4) is 5.75 Å². The van der Waals surface area contributed by atoms with Crippen LogP contribution in [0.25, 0.3) is 6.08 Å².